The van der Waals surface area contributed by atoms with Gasteiger partial charge in [-0.25, -0.2) is 0 Å². The Bertz CT molecular complexity index is 512. The Labute approximate surface area is 98.1 Å². The highest BCUT2D eigenvalue weighted by molar-refractivity contribution is 14.1. The molecule has 0 unspecified atom stereocenters. The molecule has 2 aromatic rings. The van der Waals surface area contributed by atoms with E-state index in [2.05, 4.69) is 28.7 Å². The average Bonchev–Trinajstić information content (AvgIpc) is 2.43. The summed E-state index contributed by atoms with van der Waals surface area (Å²) in [5.74, 6) is 0. The molecule has 1 heterocycles. The van der Waals surface area contributed by atoms with Crippen LogP contribution < -0.4 is 0 Å². The summed E-state index contributed by atoms with van der Waals surface area (Å²) in [6.07, 6.45) is 0. The molecule has 0 saturated carbocycles. The molecule has 64 valence electrons. The number of halogens is 2. The van der Waals surface area contributed by atoms with E-state index in [1.807, 2.05) is 18.2 Å². The third kappa shape index (κ3) is 1.43. The van der Waals surface area contributed by atoms with Crippen molar-refractivity contribution in [1.29, 1.82) is 5.26 Å². The van der Waals surface area contributed by atoms with E-state index in [4.69, 9.17) is 16.9 Å². The smallest absolute Gasteiger partial charge is 0.102 e. The lowest BCUT2D eigenvalue weighted by molar-refractivity contribution is 1.51. The quantitative estimate of drug-likeness (QED) is 0.673. The first-order chi connectivity index (χ1) is 6.24. The number of nitriles is 1. The molecule has 0 aliphatic carbocycles. The Morgan fingerprint density at radius 1 is 1.46 bits per heavy atom. The molecule has 0 bridgehead atoms. The SMILES string of the molecule is N#Cc1c(I)sc2c(Cl)cccc12. The Morgan fingerprint density at radius 2 is 2.23 bits per heavy atom. The summed E-state index contributed by atoms with van der Waals surface area (Å²) in [7, 11) is 0. The topological polar surface area (TPSA) is 23.8 Å². The standard InChI is InChI=1S/C9H3ClINS/c10-7-3-1-2-5-6(4-12)9(11)13-8(5)7/h1-3H. The van der Waals surface area contributed by atoms with Crippen molar-refractivity contribution < 1.29 is 0 Å². The number of fused-ring (bicyclic) bond motifs is 1. The van der Waals surface area contributed by atoms with E-state index in [1.54, 1.807) is 11.3 Å². The summed E-state index contributed by atoms with van der Waals surface area (Å²) in [6, 6.07) is 7.83. The van der Waals surface area contributed by atoms with Gasteiger partial charge in [-0.3, -0.25) is 0 Å². The summed E-state index contributed by atoms with van der Waals surface area (Å²) in [4.78, 5) is 0. The van der Waals surface area contributed by atoms with Crippen molar-refractivity contribution in [3.63, 3.8) is 0 Å². The number of benzene rings is 1. The second-order valence-electron chi connectivity index (χ2n) is 2.48. The van der Waals surface area contributed by atoms with Crippen LogP contribution in [-0.4, -0.2) is 0 Å². The summed E-state index contributed by atoms with van der Waals surface area (Å²) >= 11 is 9.73. The minimum Gasteiger partial charge on any atom is -0.192 e. The molecule has 1 nitrogen and oxygen atoms in total. The van der Waals surface area contributed by atoms with Crippen molar-refractivity contribution in [2.24, 2.45) is 0 Å². The first-order valence-electron chi connectivity index (χ1n) is 3.50. The van der Waals surface area contributed by atoms with E-state index >= 15 is 0 Å². The fourth-order valence-corrected chi connectivity index (χ4v) is 3.40. The lowest BCUT2D eigenvalue weighted by atomic mass is 10.2. The molecular weight excluding hydrogens is 317 g/mol. The van der Waals surface area contributed by atoms with Crippen LogP contribution in [0.15, 0.2) is 18.2 Å². The Balaban J connectivity index is 2.96. The van der Waals surface area contributed by atoms with Gasteiger partial charge in [0.2, 0.25) is 0 Å². The highest BCUT2D eigenvalue weighted by Crippen LogP contribution is 2.35. The van der Waals surface area contributed by atoms with Gasteiger partial charge in [-0.05, 0) is 28.7 Å². The first-order valence-corrected chi connectivity index (χ1v) is 5.78. The van der Waals surface area contributed by atoms with Gasteiger partial charge < -0.3 is 0 Å². The van der Waals surface area contributed by atoms with E-state index in [0.29, 0.717) is 0 Å². The van der Waals surface area contributed by atoms with Crippen molar-refractivity contribution in [1.82, 2.24) is 0 Å². The first kappa shape index (κ1) is 9.25. The van der Waals surface area contributed by atoms with Crippen LogP contribution in [0.4, 0.5) is 0 Å². The second-order valence-corrected chi connectivity index (χ2v) is 5.72. The predicted molar refractivity (Wildman–Crippen MR) is 64.3 cm³/mol. The lowest BCUT2D eigenvalue weighted by Crippen LogP contribution is -1.72. The van der Waals surface area contributed by atoms with Crippen molar-refractivity contribution in [3.05, 3.63) is 31.7 Å². The molecule has 1 aromatic heterocycles. The molecule has 0 amide bonds. The number of hydrogen-bond donors (Lipinski definition) is 0. The van der Waals surface area contributed by atoms with Crippen molar-refractivity contribution in [2.75, 3.05) is 0 Å². The normalized spacial score (nSPS) is 10.2. The summed E-state index contributed by atoms with van der Waals surface area (Å²) in [5, 5.41) is 10.6. The van der Waals surface area contributed by atoms with Gasteiger partial charge >= 0.3 is 0 Å². The lowest BCUT2D eigenvalue weighted by Gasteiger charge is -1.90. The van der Waals surface area contributed by atoms with Crippen LogP contribution in [-0.2, 0) is 0 Å². The maximum Gasteiger partial charge on any atom is 0.102 e. The zero-order chi connectivity index (χ0) is 9.42. The molecule has 0 atom stereocenters. The third-order valence-electron chi connectivity index (χ3n) is 1.74. The van der Waals surface area contributed by atoms with Gasteiger partial charge in [0, 0.05) is 5.39 Å². The number of hydrogen-bond acceptors (Lipinski definition) is 2. The molecule has 13 heavy (non-hydrogen) atoms. The highest BCUT2D eigenvalue weighted by atomic mass is 127. The van der Waals surface area contributed by atoms with Gasteiger partial charge in [-0.2, -0.15) is 5.26 Å². The van der Waals surface area contributed by atoms with Crippen molar-refractivity contribution in [3.8, 4) is 6.07 Å². The zero-order valence-corrected chi connectivity index (χ0v) is 10.1. The number of rotatable bonds is 0. The van der Waals surface area contributed by atoms with Crippen LogP contribution in [0.5, 0.6) is 0 Å². The Morgan fingerprint density at radius 3 is 2.92 bits per heavy atom. The van der Waals surface area contributed by atoms with Gasteiger partial charge in [0.15, 0.2) is 0 Å². The second kappa shape index (κ2) is 3.45. The fraction of sp³-hybridized carbons (Fsp3) is 0. The summed E-state index contributed by atoms with van der Waals surface area (Å²) < 4.78 is 2.01. The largest absolute Gasteiger partial charge is 0.192 e. The molecule has 0 aliphatic rings. The minimum atomic E-state index is 0.724. The van der Waals surface area contributed by atoms with Crippen LogP contribution in [0.3, 0.4) is 0 Å². The van der Waals surface area contributed by atoms with Crippen LogP contribution in [0, 0.1) is 14.2 Å². The molecule has 0 fully saturated rings. The van der Waals surface area contributed by atoms with E-state index < -0.39 is 0 Å². The summed E-state index contributed by atoms with van der Waals surface area (Å²) in [5.41, 5.74) is 0.739. The molecule has 0 spiro atoms. The maximum atomic E-state index is 8.91. The molecule has 0 N–H and O–H groups in total. The molecule has 1 aromatic carbocycles. The van der Waals surface area contributed by atoms with E-state index in [0.717, 1.165) is 23.6 Å². The average molecular weight is 320 g/mol. The van der Waals surface area contributed by atoms with E-state index in [1.165, 1.54) is 0 Å². The Kier molecular flexibility index (Phi) is 2.45. The fourth-order valence-electron chi connectivity index (χ4n) is 1.16. The van der Waals surface area contributed by atoms with E-state index in [-0.39, 0.29) is 0 Å². The van der Waals surface area contributed by atoms with Crippen molar-refractivity contribution in [2.45, 2.75) is 0 Å². The predicted octanol–water partition coefficient (Wildman–Crippen LogP) is 4.03. The molecule has 0 saturated heterocycles. The van der Waals surface area contributed by atoms with E-state index in [9.17, 15) is 0 Å². The monoisotopic (exact) mass is 319 g/mol. The minimum absolute atomic E-state index is 0.724. The van der Waals surface area contributed by atoms with Gasteiger partial charge in [-0.1, -0.05) is 23.7 Å². The zero-order valence-electron chi connectivity index (χ0n) is 6.34. The van der Waals surface area contributed by atoms with Crippen LogP contribution in [0.1, 0.15) is 5.56 Å². The molecular formula is C9H3ClINS. The van der Waals surface area contributed by atoms with Crippen molar-refractivity contribution >= 4 is 55.6 Å². The molecule has 2 rings (SSSR count). The highest BCUT2D eigenvalue weighted by Gasteiger charge is 2.10. The molecule has 0 radical (unpaired) electrons. The molecule has 0 aliphatic heterocycles. The van der Waals surface area contributed by atoms with Gasteiger partial charge in [-0.15, -0.1) is 11.3 Å². The molecule has 4 heteroatoms. The number of thiophene rings is 1. The van der Waals surface area contributed by atoms with Crippen LogP contribution in [0.25, 0.3) is 10.1 Å². The van der Waals surface area contributed by atoms with Crippen LogP contribution in [0.2, 0.25) is 5.02 Å². The van der Waals surface area contributed by atoms with Gasteiger partial charge in [0.05, 0.1) is 18.2 Å². The summed E-state index contributed by atoms with van der Waals surface area (Å²) in [6.45, 7) is 0. The third-order valence-corrected chi connectivity index (χ3v) is 4.39. The Hall–Kier alpha value is -0.310. The number of nitrogens with zero attached hydrogens (tertiary/aromatic N) is 1. The van der Waals surface area contributed by atoms with Gasteiger partial charge in [0.25, 0.3) is 0 Å². The van der Waals surface area contributed by atoms with Gasteiger partial charge in [0.1, 0.15) is 6.07 Å². The maximum absolute atomic E-state index is 8.91. The van der Waals surface area contributed by atoms with Crippen LogP contribution >= 0.6 is 45.5 Å².